The minimum absolute atomic E-state index is 0.948. The van der Waals surface area contributed by atoms with Gasteiger partial charge in [0.1, 0.15) is 11.5 Å². The van der Waals surface area contributed by atoms with Crippen LogP contribution in [0.4, 0.5) is 0 Å². The van der Waals surface area contributed by atoms with Crippen molar-refractivity contribution in [1.29, 1.82) is 0 Å². The molecule has 0 saturated carbocycles. The van der Waals surface area contributed by atoms with Gasteiger partial charge in [-0.25, -0.2) is 0 Å². The number of rotatable bonds is 3. The second-order valence-corrected chi connectivity index (χ2v) is 7.04. The predicted molar refractivity (Wildman–Crippen MR) is 106 cm³/mol. The van der Waals surface area contributed by atoms with Crippen molar-refractivity contribution in [2.24, 2.45) is 0 Å². The zero-order chi connectivity index (χ0) is 17.6. The molecule has 3 aromatic rings. The number of hydrogen-bond acceptors (Lipinski definition) is 1. The van der Waals surface area contributed by atoms with E-state index in [0.29, 0.717) is 0 Å². The summed E-state index contributed by atoms with van der Waals surface area (Å²) in [5.74, 6) is 2.03. The van der Waals surface area contributed by atoms with Crippen LogP contribution in [0.15, 0.2) is 46.9 Å². The van der Waals surface area contributed by atoms with Gasteiger partial charge in [0.2, 0.25) is 0 Å². The Kier molecular flexibility index (Phi) is 3.88. The van der Waals surface area contributed by atoms with Crippen LogP contribution in [-0.2, 0) is 12.8 Å². The second-order valence-electron chi connectivity index (χ2n) is 7.04. The summed E-state index contributed by atoms with van der Waals surface area (Å²) in [6.07, 6.45) is 4.33. The molecule has 0 spiro atoms. The van der Waals surface area contributed by atoms with Gasteiger partial charge in [-0.15, -0.1) is 0 Å². The van der Waals surface area contributed by atoms with Gasteiger partial charge >= 0.3 is 0 Å². The molecule has 0 amide bonds. The van der Waals surface area contributed by atoms with Gasteiger partial charge in [-0.1, -0.05) is 43.3 Å². The third-order valence-corrected chi connectivity index (χ3v) is 5.39. The first-order valence-corrected chi connectivity index (χ1v) is 9.07. The van der Waals surface area contributed by atoms with Crippen molar-refractivity contribution in [3.8, 4) is 11.1 Å². The maximum atomic E-state index is 5.98. The Labute approximate surface area is 150 Å². The van der Waals surface area contributed by atoms with Crippen LogP contribution in [0, 0.1) is 20.8 Å². The van der Waals surface area contributed by atoms with Crippen molar-refractivity contribution in [2.75, 3.05) is 0 Å². The lowest BCUT2D eigenvalue weighted by atomic mass is 9.89. The summed E-state index contributed by atoms with van der Waals surface area (Å²) in [5, 5.41) is 0. The molecule has 4 rings (SSSR count). The quantitative estimate of drug-likeness (QED) is 0.532. The minimum Gasteiger partial charge on any atom is -0.461 e. The van der Waals surface area contributed by atoms with E-state index in [9.17, 15) is 0 Å². The summed E-state index contributed by atoms with van der Waals surface area (Å²) in [7, 11) is 0. The van der Waals surface area contributed by atoms with Crippen molar-refractivity contribution in [3.05, 3.63) is 81.8 Å². The lowest BCUT2D eigenvalue weighted by Gasteiger charge is -2.15. The topological polar surface area (TPSA) is 13.1 Å². The summed E-state index contributed by atoms with van der Waals surface area (Å²) >= 11 is 0. The highest BCUT2D eigenvalue weighted by molar-refractivity contribution is 5.94. The summed E-state index contributed by atoms with van der Waals surface area (Å²) in [4.78, 5) is 0. The van der Waals surface area contributed by atoms with E-state index in [0.717, 1.165) is 24.4 Å². The highest BCUT2D eigenvalue weighted by atomic mass is 16.3. The van der Waals surface area contributed by atoms with Gasteiger partial charge in [-0.3, -0.25) is 0 Å². The first-order chi connectivity index (χ1) is 12.1. The average Bonchev–Trinajstić information content (AvgIpc) is 3.18. The number of allylic oxidation sites excluding steroid dienone is 1. The molecule has 0 N–H and O–H groups in total. The lowest BCUT2D eigenvalue weighted by molar-refractivity contribution is 0.518. The van der Waals surface area contributed by atoms with E-state index in [4.69, 9.17) is 4.42 Å². The van der Waals surface area contributed by atoms with Crippen molar-refractivity contribution in [1.82, 2.24) is 0 Å². The van der Waals surface area contributed by atoms with Crippen LogP contribution < -0.4 is 0 Å². The number of furan rings is 1. The van der Waals surface area contributed by atoms with Gasteiger partial charge in [0.15, 0.2) is 0 Å². The minimum atomic E-state index is 0.948. The van der Waals surface area contributed by atoms with E-state index in [1.807, 2.05) is 6.92 Å². The monoisotopic (exact) mass is 328 g/mol. The summed E-state index contributed by atoms with van der Waals surface area (Å²) < 4.78 is 5.98. The Hall–Kier alpha value is -2.54. The Morgan fingerprint density at radius 2 is 1.76 bits per heavy atom. The van der Waals surface area contributed by atoms with E-state index in [2.05, 4.69) is 69.3 Å². The number of aryl methyl sites for hydroxylation is 4. The summed E-state index contributed by atoms with van der Waals surface area (Å²) in [5.41, 5.74) is 10.8. The molecule has 2 aromatic carbocycles. The van der Waals surface area contributed by atoms with E-state index in [-0.39, 0.29) is 0 Å². The van der Waals surface area contributed by atoms with Gasteiger partial charge in [-0.05, 0) is 83.9 Å². The molecular weight excluding hydrogens is 304 g/mol. The molecule has 0 atom stereocenters. The fourth-order valence-corrected chi connectivity index (χ4v) is 3.84. The first-order valence-electron chi connectivity index (χ1n) is 9.07. The van der Waals surface area contributed by atoms with E-state index < -0.39 is 0 Å². The normalized spacial score (nSPS) is 13.0. The molecule has 1 aliphatic rings. The van der Waals surface area contributed by atoms with Gasteiger partial charge in [-0.2, -0.15) is 0 Å². The Morgan fingerprint density at radius 1 is 0.960 bits per heavy atom. The maximum absolute atomic E-state index is 5.98. The third-order valence-electron chi connectivity index (χ3n) is 5.39. The molecular formula is C24H24O. The van der Waals surface area contributed by atoms with Crippen LogP contribution in [0.3, 0.4) is 0 Å². The predicted octanol–water partition coefficient (Wildman–Crippen LogP) is 6.53. The zero-order valence-electron chi connectivity index (χ0n) is 15.4. The summed E-state index contributed by atoms with van der Waals surface area (Å²) in [6, 6.07) is 15.5. The highest BCUT2D eigenvalue weighted by Gasteiger charge is 2.22. The van der Waals surface area contributed by atoms with Crippen LogP contribution in [0.5, 0.6) is 0 Å². The van der Waals surface area contributed by atoms with Crippen molar-refractivity contribution >= 4 is 11.6 Å². The van der Waals surface area contributed by atoms with E-state index in [1.54, 1.807) is 0 Å². The third kappa shape index (κ3) is 2.64. The molecule has 0 saturated heterocycles. The SMILES string of the molecule is CCc1ccccc1-c1c(C)ccc2c1C=C(c1cc(C)c(C)o1)C2. The molecule has 0 fully saturated rings. The number of benzene rings is 2. The standard InChI is InChI=1S/C24H24O/c1-5-18-8-6-7-9-21(18)24-15(2)10-11-19-13-20(14-22(19)24)23-12-16(3)17(4)25-23/h6-12,14H,5,13H2,1-4H3. The Morgan fingerprint density at radius 3 is 2.48 bits per heavy atom. The molecule has 0 aliphatic heterocycles. The molecule has 1 aromatic heterocycles. The molecule has 0 radical (unpaired) electrons. The van der Waals surface area contributed by atoms with Crippen LogP contribution in [0.1, 0.15) is 46.3 Å². The summed E-state index contributed by atoms with van der Waals surface area (Å²) in [6.45, 7) is 8.59. The Balaban J connectivity index is 1.88. The van der Waals surface area contributed by atoms with Crippen LogP contribution in [-0.4, -0.2) is 0 Å². The van der Waals surface area contributed by atoms with Crippen molar-refractivity contribution in [3.63, 3.8) is 0 Å². The van der Waals surface area contributed by atoms with Gasteiger partial charge in [0.05, 0.1) is 0 Å². The molecule has 25 heavy (non-hydrogen) atoms. The molecule has 1 nitrogen and oxygen atoms in total. The van der Waals surface area contributed by atoms with E-state index >= 15 is 0 Å². The lowest BCUT2D eigenvalue weighted by Crippen LogP contribution is -1.95. The largest absolute Gasteiger partial charge is 0.461 e. The van der Waals surface area contributed by atoms with Crippen molar-refractivity contribution in [2.45, 2.75) is 40.5 Å². The molecule has 0 unspecified atom stereocenters. The molecule has 126 valence electrons. The zero-order valence-corrected chi connectivity index (χ0v) is 15.4. The maximum Gasteiger partial charge on any atom is 0.130 e. The van der Waals surface area contributed by atoms with Gasteiger partial charge in [0, 0.05) is 6.42 Å². The smallest absolute Gasteiger partial charge is 0.130 e. The van der Waals surface area contributed by atoms with Crippen LogP contribution in [0.2, 0.25) is 0 Å². The van der Waals surface area contributed by atoms with Gasteiger partial charge in [0.25, 0.3) is 0 Å². The van der Waals surface area contributed by atoms with Gasteiger partial charge < -0.3 is 4.42 Å². The molecule has 1 aliphatic carbocycles. The van der Waals surface area contributed by atoms with Crippen LogP contribution in [0.25, 0.3) is 22.8 Å². The molecule has 0 bridgehead atoms. The molecule has 1 heterocycles. The van der Waals surface area contributed by atoms with Crippen LogP contribution >= 0.6 is 0 Å². The average molecular weight is 328 g/mol. The first kappa shape index (κ1) is 16.0. The fraction of sp³-hybridized carbons (Fsp3) is 0.250. The number of hydrogen-bond donors (Lipinski definition) is 0. The number of fused-ring (bicyclic) bond motifs is 1. The molecule has 1 heteroatoms. The highest BCUT2D eigenvalue weighted by Crippen LogP contribution is 2.41. The Bertz CT molecular complexity index is 966. The van der Waals surface area contributed by atoms with Crippen molar-refractivity contribution < 1.29 is 4.42 Å². The van der Waals surface area contributed by atoms with E-state index in [1.165, 1.54) is 44.5 Å². The fourth-order valence-electron chi connectivity index (χ4n) is 3.84. The second kappa shape index (κ2) is 6.07.